The summed E-state index contributed by atoms with van der Waals surface area (Å²) in [7, 11) is 0. The second-order valence-electron chi connectivity index (χ2n) is 2.38. The van der Waals surface area contributed by atoms with E-state index < -0.39 is 0 Å². The van der Waals surface area contributed by atoms with E-state index in [1.54, 1.807) is 0 Å². The SMILES string of the molecule is C=C1C=CC(C(=C)C)=CN1. The second-order valence-corrected chi connectivity index (χ2v) is 2.38. The van der Waals surface area contributed by atoms with Gasteiger partial charge in [0, 0.05) is 11.9 Å². The lowest BCUT2D eigenvalue weighted by Gasteiger charge is -2.09. The molecule has 1 heterocycles. The van der Waals surface area contributed by atoms with Crippen LogP contribution in [0.5, 0.6) is 0 Å². The van der Waals surface area contributed by atoms with Crippen LogP contribution in [-0.2, 0) is 0 Å². The maximum atomic E-state index is 3.81. The molecule has 0 bridgehead atoms. The first-order valence-electron chi connectivity index (χ1n) is 3.20. The fraction of sp³-hybridized carbons (Fsp3) is 0.111. The van der Waals surface area contributed by atoms with E-state index in [0.717, 1.165) is 16.8 Å². The Morgan fingerprint density at radius 1 is 1.50 bits per heavy atom. The minimum atomic E-state index is 0.921. The van der Waals surface area contributed by atoms with Crippen molar-refractivity contribution in [1.82, 2.24) is 5.32 Å². The summed E-state index contributed by atoms with van der Waals surface area (Å²) in [6, 6.07) is 0. The summed E-state index contributed by atoms with van der Waals surface area (Å²) in [5.74, 6) is 0. The van der Waals surface area contributed by atoms with Crippen LogP contribution in [0.15, 0.2) is 48.4 Å². The van der Waals surface area contributed by atoms with Crippen LogP contribution in [0, 0.1) is 0 Å². The Labute approximate surface area is 61.4 Å². The molecule has 0 spiro atoms. The summed E-state index contributed by atoms with van der Waals surface area (Å²) in [6.45, 7) is 9.53. The van der Waals surface area contributed by atoms with Gasteiger partial charge in [-0.2, -0.15) is 0 Å². The third kappa shape index (κ3) is 1.38. The highest BCUT2D eigenvalue weighted by atomic mass is 14.8. The Morgan fingerprint density at radius 2 is 2.20 bits per heavy atom. The van der Waals surface area contributed by atoms with Gasteiger partial charge in [0.25, 0.3) is 0 Å². The molecule has 0 aromatic carbocycles. The summed E-state index contributed by atoms with van der Waals surface area (Å²) in [6.07, 6.45) is 5.84. The number of hydrogen-bond donors (Lipinski definition) is 1. The molecule has 1 nitrogen and oxygen atoms in total. The summed E-state index contributed by atoms with van der Waals surface area (Å²) in [4.78, 5) is 0. The molecule has 52 valence electrons. The first-order valence-corrected chi connectivity index (χ1v) is 3.20. The standard InChI is InChI=1S/C9H11N/c1-7(2)9-5-4-8(3)10-6-9/h4-6,10H,1,3H2,2H3. The van der Waals surface area contributed by atoms with Crippen LogP contribution in [0.25, 0.3) is 0 Å². The van der Waals surface area contributed by atoms with E-state index in [9.17, 15) is 0 Å². The van der Waals surface area contributed by atoms with Gasteiger partial charge < -0.3 is 5.32 Å². The van der Waals surface area contributed by atoms with Gasteiger partial charge in [-0.25, -0.2) is 0 Å². The molecule has 1 N–H and O–H groups in total. The topological polar surface area (TPSA) is 12.0 Å². The lowest BCUT2D eigenvalue weighted by molar-refractivity contribution is 1.08. The van der Waals surface area contributed by atoms with Crippen molar-refractivity contribution in [3.8, 4) is 0 Å². The predicted octanol–water partition coefficient (Wildman–Crippen LogP) is 2.12. The van der Waals surface area contributed by atoms with Gasteiger partial charge in [0.05, 0.1) is 0 Å². The van der Waals surface area contributed by atoms with Gasteiger partial charge in [0.2, 0.25) is 0 Å². The van der Waals surface area contributed by atoms with Crippen molar-refractivity contribution in [2.45, 2.75) is 6.92 Å². The average molecular weight is 133 g/mol. The van der Waals surface area contributed by atoms with E-state index in [1.807, 2.05) is 25.3 Å². The molecule has 1 aliphatic rings. The fourth-order valence-corrected chi connectivity index (χ4v) is 0.723. The molecule has 0 radical (unpaired) electrons. The summed E-state index contributed by atoms with van der Waals surface area (Å²) in [5.41, 5.74) is 3.12. The van der Waals surface area contributed by atoms with Crippen LogP contribution in [0.3, 0.4) is 0 Å². The first kappa shape index (κ1) is 6.87. The predicted molar refractivity (Wildman–Crippen MR) is 44.3 cm³/mol. The lowest BCUT2D eigenvalue weighted by atomic mass is 10.1. The van der Waals surface area contributed by atoms with E-state index in [1.165, 1.54) is 0 Å². The van der Waals surface area contributed by atoms with Crippen LogP contribution in [0.4, 0.5) is 0 Å². The van der Waals surface area contributed by atoms with Crippen molar-refractivity contribution in [2.24, 2.45) is 0 Å². The van der Waals surface area contributed by atoms with Crippen LogP contribution in [0.1, 0.15) is 6.92 Å². The number of nitrogens with one attached hydrogen (secondary N) is 1. The third-order valence-corrected chi connectivity index (χ3v) is 1.37. The van der Waals surface area contributed by atoms with Gasteiger partial charge in [0.1, 0.15) is 0 Å². The van der Waals surface area contributed by atoms with Gasteiger partial charge in [0.15, 0.2) is 0 Å². The van der Waals surface area contributed by atoms with Crippen molar-refractivity contribution in [3.05, 3.63) is 48.4 Å². The zero-order chi connectivity index (χ0) is 7.56. The normalized spacial score (nSPS) is 16.1. The highest BCUT2D eigenvalue weighted by molar-refractivity contribution is 5.42. The molecule has 0 saturated heterocycles. The smallest absolute Gasteiger partial charge is 0.0307 e. The maximum absolute atomic E-state index is 3.81. The molecule has 0 fully saturated rings. The van der Waals surface area contributed by atoms with E-state index in [4.69, 9.17) is 0 Å². The Kier molecular flexibility index (Phi) is 1.76. The molecule has 0 saturated carbocycles. The van der Waals surface area contributed by atoms with E-state index >= 15 is 0 Å². The molecular formula is C9H11N. The Hall–Kier alpha value is -1.24. The third-order valence-electron chi connectivity index (χ3n) is 1.37. The molecule has 0 aromatic rings. The zero-order valence-electron chi connectivity index (χ0n) is 6.15. The van der Waals surface area contributed by atoms with Crippen molar-refractivity contribution in [2.75, 3.05) is 0 Å². The first-order chi connectivity index (χ1) is 4.70. The summed E-state index contributed by atoms with van der Waals surface area (Å²) >= 11 is 0. The molecule has 0 atom stereocenters. The van der Waals surface area contributed by atoms with Gasteiger partial charge in [-0.15, -0.1) is 0 Å². The number of allylic oxidation sites excluding steroid dienone is 4. The highest BCUT2D eigenvalue weighted by Crippen LogP contribution is 2.11. The minimum absolute atomic E-state index is 0.921. The van der Waals surface area contributed by atoms with Crippen molar-refractivity contribution >= 4 is 0 Å². The largest absolute Gasteiger partial charge is 0.362 e. The molecule has 1 heteroatoms. The number of hydrogen-bond acceptors (Lipinski definition) is 1. The Morgan fingerprint density at radius 3 is 2.60 bits per heavy atom. The second kappa shape index (κ2) is 2.56. The minimum Gasteiger partial charge on any atom is -0.362 e. The molecule has 1 aliphatic heterocycles. The van der Waals surface area contributed by atoms with Crippen molar-refractivity contribution < 1.29 is 0 Å². The maximum Gasteiger partial charge on any atom is 0.0307 e. The number of rotatable bonds is 1. The molecule has 0 unspecified atom stereocenters. The van der Waals surface area contributed by atoms with Gasteiger partial charge in [-0.1, -0.05) is 19.2 Å². The Balaban J connectivity index is 2.77. The molecule has 0 aliphatic carbocycles. The van der Waals surface area contributed by atoms with E-state index in [0.29, 0.717) is 0 Å². The zero-order valence-corrected chi connectivity index (χ0v) is 6.15. The number of dihydropyridines is 1. The highest BCUT2D eigenvalue weighted by Gasteiger charge is 1.97. The van der Waals surface area contributed by atoms with E-state index in [-0.39, 0.29) is 0 Å². The van der Waals surface area contributed by atoms with Crippen LogP contribution in [0.2, 0.25) is 0 Å². The monoisotopic (exact) mass is 133 g/mol. The summed E-state index contributed by atoms with van der Waals surface area (Å²) < 4.78 is 0. The van der Waals surface area contributed by atoms with Crippen LogP contribution < -0.4 is 5.32 Å². The van der Waals surface area contributed by atoms with Crippen LogP contribution in [-0.4, -0.2) is 0 Å². The fourth-order valence-electron chi connectivity index (χ4n) is 0.723. The average Bonchev–Trinajstić information content (AvgIpc) is 1.88. The van der Waals surface area contributed by atoms with Crippen molar-refractivity contribution in [3.63, 3.8) is 0 Å². The van der Waals surface area contributed by atoms with Crippen molar-refractivity contribution in [1.29, 1.82) is 0 Å². The van der Waals surface area contributed by atoms with Crippen LogP contribution >= 0.6 is 0 Å². The quantitative estimate of drug-likeness (QED) is 0.577. The van der Waals surface area contributed by atoms with E-state index in [2.05, 4.69) is 18.5 Å². The summed E-state index contributed by atoms with van der Waals surface area (Å²) in [5, 5.41) is 3.01. The lowest BCUT2D eigenvalue weighted by Crippen LogP contribution is -2.06. The van der Waals surface area contributed by atoms with Gasteiger partial charge >= 0.3 is 0 Å². The molecule has 1 rings (SSSR count). The van der Waals surface area contributed by atoms with Gasteiger partial charge in [-0.3, -0.25) is 0 Å². The van der Waals surface area contributed by atoms with Gasteiger partial charge in [-0.05, 0) is 24.1 Å². The molecular weight excluding hydrogens is 122 g/mol. The molecule has 0 amide bonds. The Bertz CT molecular complexity index is 231. The molecule has 0 aromatic heterocycles. The molecule has 10 heavy (non-hydrogen) atoms.